The molecule has 0 aliphatic heterocycles. The second-order valence-electron chi connectivity index (χ2n) is 8.74. The lowest BCUT2D eigenvalue weighted by Crippen LogP contribution is -2.08. The van der Waals surface area contributed by atoms with Crippen LogP contribution in [0, 0.1) is 0 Å². The first-order valence-corrected chi connectivity index (χ1v) is 13.1. The van der Waals surface area contributed by atoms with Gasteiger partial charge < -0.3 is 18.9 Å². The number of unbranched alkanes of at least 4 members (excludes halogenated alkanes) is 8. The van der Waals surface area contributed by atoms with Crippen LogP contribution in [0.1, 0.15) is 73.7 Å². The highest BCUT2D eigenvalue weighted by Crippen LogP contribution is 2.18. The molecular formula is C31H38O7. The molecule has 7 heteroatoms. The number of methoxy groups -OCH3 is 1. The Kier molecular flexibility index (Phi) is 14.7. The van der Waals surface area contributed by atoms with Gasteiger partial charge >= 0.3 is 17.9 Å². The molecule has 0 radical (unpaired) electrons. The van der Waals surface area contributed by atoms with Crippen LogP contribution < -0.4 is 9.47 Å². The minimum Gasteiger partial charge on any atom is -0.494 e. The van der Waals surface area contributed by atoms with Crippen molar-refractivity contribution in [2.24, 2.45) is 0 Å². The Bertz CT molecular complexity index is 1020. The van der Waals surface area contributed by atoms with Crippen molar-refractivity contribution < 1.29 is 33.3 Å². The standard InChI is InChI=1S/C31H38O7/c1-3-29(32)37-24-12-10-8-6-4-5-7-9-11-23-36-27-20-16-26(17-21-27)31(34)38-28-18-13-25(14-19-28)15-22-30(33)35-2/h3,13-22H,1,4-12,23-24H2,2H3. The molecule has 7 nitrogen and oxygen atoms in total. The lowest BCUT2D eigenvalue weighted by molar-refractivity contribution is -0.138. The summed E-state index contributed by atoms with van der Waals surface area (Å²) in [4.78, 5) is 34.5. The fourth-order valence-electron chi connectivity index (χ4n) is 3.60. The van der Waals surface area contributed by atoms with Crippen molar-refractivity contribution in [3.8, 4) is 11.5 Å². The van der Waals surface area contributed by atoms with E-state index in [4.69, 9.17) is 14.2 Å². The van der Waals surface area contributed by atoms with Crippen molar-refractivity contribution in [2.45, 2.75) is 57.8 Å². The Balaban J connectivity index is 1.54. The Morgan fingerprint density at radius 3 is 1.84 bits per heavy atom. The molecular weight excluding hydrogens is 484 g/mol. The topological polar surface area (TPSA) is 88.1 Å². The van der Waals surface area contributed by atoms with Gasteiger partial charge in [0, 0.05) is 12.2 Å². The summed E-state index contributed by atoms with van der Waals surface area (Å²) >= 11 is 0. The molecule has 0 fully saturated rings. The predicted molar refractivity (Wildman–Crippen MR) is 147 cm³/mol. The van der Waals surface area contributed by atoms with E-state index in [9.17, 15) is 14.4 Å². The maximum Gasteiger partial charge on any atom is 0.343 e. The van der Waals surface area contributed by atoms with Crippen LogP contribution in [0.25, 0.3) is 6.08 Å². The number of ether oxygens (including phenoxy) is 4. The van der Waals surface area contributed by atoms with Crippen LogP contribution in [0.2, 0.25) is 0 Å². The van der Waals surface area contributed by atoms with Crippen molar-refractivity contribution in [3.63, 3.8) is 0 Å². The molecule has 0 aromatic heterocycles. The zero-order chi connectivity index (χ0) is 27.4. The summed E-state index contributed by atoms with van der Waals surface area (Å²) in [5.74, 6) is -0.0991. The zero-order valence-electron chi connectivity index (χ0n) is 22.2. The van der Waals surface area contributed by atoms with E-state index in [2.05, 4.69) is 11.3 Å². The Morgan fingerprint density at radius 1 is 0.711 bits per heavy atom. The van der Waals surface area contributed by atoms with Gasteiger partial charge in [-0.15, -0.1) is 0 Å². The van der Waals surface area contributed by atoms with E-state index in [-0.39, 0.29) is 5.97 Å². The van der Waals surface area contributed by atoms with Gasteiger partial charge in [-0.2, -0.15) is 0 Å². The maximum absolute atomic E-state index is 12.4. The molecule has 0 N–H and O–H groups in total. The van der Waals surface area contributed by atoms with E-state index >= 15 is 0 Å². The summed E-state index contributed by atoms with van der Waals surface area (Å²) in [7, 11) is 1.32. The molecule has 0 aliphatic carbocycles. The number of rotatable bonds is 18. The van der Waals surface area contributed by atoms with Crippen molar-refractivity contribution in [1.82, 2.24) is 0 Å². The number of carbonyl (C=O) groups excluding carboxylic acids is 3. The molecule has 0 bridgehead atoms. The number of hydrogen-bond acceptors (Lipinski definition) is 7. The van der Waals surface area contributed by atoms with Gasteiger partial charge in [0.25, 0.3) is 0 Å². The third kappa shape index (κ3) is 12.9. The fourth-order valence-corrected chi connectivity index (χ4v) is 3.60. The minimum absolute atomic E-state index is 0.348. The first-order valence-electron chi connectivity index (χ1n) is 13.1. The van der Waals surface area contributed by atoms with E-state index in [0.29, 0.717) is 24.5 Å². The maximum atomic E-state index is 12.4. The van der Waals surface area contributed by atoms with Crippen LogP contribution in [0.4, 0.5) is 0 Å². The van der Waals surface area contributed by atoms with Crippen LogP contribution in [0.3, 0.4) is 0 Å². The second-order valence-corrected chi connectivity index (χ2v) is 8.74. The van der Waals surface area contributed by atoms with Gasteiger partial charge in [-0.05, 0) is 60.9 Å². The van der Waals surface area contributed by atoms with Gasteiger partial charge in [0.05, 0.1) is 25.9 Å². The van der Waals surface area contributed by atoms with Crippen LogP contribution >= 0.6 is 0 Å². The normalized spacial score (nSPS) is 10.7. The summed E-state index contributed by atoms with van der Waals surface area (Å²) in [5, 5.41) is 0. The van der Waals surface area contributed by atoms with Gasteiger partial charge in [-0.1, -0.05) is 63.7 Å². The summed E-state index contributed by atoms with van der Waals surface area (Å²) < 4.78 is 20.7. The summed E-state index contributed by atoms with van der Waals surface area (Å²) in [6.07, 6.45) is 14.2. The van der Waals surface area contributed by atoms with E-state index in [1.807, 2.05) is 0 Å². The Labute approximate surface area is 225 Å². The third-order valence-electron chi connectivity index (χ3n) is 5.76. The lowest BCUT2D eigenvalue weighted by atomic mass is 10.1. The first-order chi connectivity index (χ1) is 18.5. The highest BCUT2D eigenvalue weighted by atomic mass is 16.5. The molecule has 0 heterocycles. The Hall–Kier alpha value is -3.87. The van der Waals surface area contributed by atoms with Crippen LogP contribution in [0.15, 0.2) is 67.3 Å². The first kappa shape index (κ1) is 30.4. The molecule has 2 aromatic rings. The van der Waals surface area contributed by atoms with Crippen LogP contribution in [0.5, 0.6) is 11.5 Å². The number of esters is 3. The fraction of sp³-hybridized carbons (Fsp3) is 0.387. The smallest absolute Gasteiger partial charge is 0.343 e. The van der Waals surface area contributed by atoms with Crippen molar-refractivity contribution in [1.29, 1.82) is 0 Å². The average molecular weight is 523 g/mol. The van der Waals surface area contributed by atoms with Gasteiger partial charge in [0.2, 0.25) is 0 Å². The highest BCUT2D eigenvalue weighted by Gasteiger charge is 2.09. The molecule has 2 rings (SSSR count). The van der Waals surface area contributed by atoms with E-state index in [0.717, 1.165) is 37.0 Å². The number of carbonyl (C=O) groups is 3. The summed E-state index contributed by atoms with van der Waals surface area (Å²) in [6, 6.07) is 13.7. The summed E-state index contributed by atoms with van der Waals surface area (Å²) in [6.45, 7) is 4.50. The number of benzene rings is 2. The van der Waals surface area contributed by atoms with Crippen LogP contribution in [-0.2, 0) is 19.1 Å². The number of hydrogen-bond donors (Lipinski definition) is 0. The molecule has 204 valence electrons. The zero-order valence-corrected chi connectivity index (χ0v) is 22.2. The average Bonchev–Trinajstić information content (AvgIpc) is 2.95. The molecule has 0 amide bonds. The van der Waals surface area contributed by atoms with Crippen molar-refractivity contribution in [3.05, 3.63) is 78.4 Å². The van der Waals surface area contributed by atoms with E-state index in [1.54, 1.807) is 54.6 Å². The SMILES string of the molecule is C=CC(=O)OCCCCCCCCCCCOc1ccc(C(=O)Oc2ccc(C=CC(=O)OC)cc2)cc1. The van der Waals surface area contributed by atoms with Gasteiger partial charge in [0.1, 0.15) is 11.5 Å². The third-order valence-corrected chi connectivity index (χ3v) is 5.76. The molecule has 0 saturated carbocycles. The predicted octanol–water partition coefficient (Wildman–Crippen LogP) is 6.71. The highest BCUT2D eigenvalue weighted by molar-refractivity contribution is 5.91. The molecule has 38 heavy (non-hydrogen) atoms. The van der Waals surface area contributed by atoms with Crippen molar-refractivity contribution >= 4 is 24.0 Å². The molecule has 0 unspecified atom stereocenters. The van der Waals surface area contributed by atoms with Crippen LogP contribution in [-0.4, -0.2) is 38.2 Å². The van der Waals surface area contributed by atoms with E-state index in [1.165, 1.54) is 51.4 Å². The second kappa shape index (κ2) is 18.4. The Morgan fingerprint density at radius 2 is 1.26 bits per heavy atom. The van der Waals surface area contributed by atoms with Gasteiger partial charge in [-0.25, -0.2) is 14.4 Å². The summed E-state index contributed by atoms with van der Waals surface area (Å²) in [5.41, 5.74) is 1.22. The molecule has 0 saturated heterocycles. The molecule has 0 spiro atoms. The van der Waals surface area contributed by atoms with Crippen molar-refractivity contribution in [2.75, 3.05) is 20.3 Å². The van der Waals surface area contributed by atoms with E-state index < -0.39 is 11.9 Å². The monoisotopic (exact) mass is 522 g/mol. The van der Waals surface area contributed by atoms with Gasteiger partial charge in [0.15, 0.2) is 0 Å². The molecule has 0 atom stereocenters. The largest absolute Gasteiger partial charge is 0.494 e. The lowest BCUT2D eigenvalue weighted by Gasteiger charge is -2.08. The minimum atomic E-state index is -0.453. The van der Waals surface area contributed by atoms with Gasteiger partial charge in [-0.3, -0.25) is 0 Å². The molecule has 0 aliphatic rings. The molecule has 2 aromatic carbocycles. The quantitative estimate of drug-likeness (QED) is 0.0930.